The topological polar surface area (TPSA) is 18.5 Å². The van der Waals surface area contributed by atoms with Crippen LogP contribution in [0.2, 0.25) is 0 Å². The monoisotopic (exact) mass is 206 g/mol. The van der Waals surface area contributed by atoms with Gasteiger partial charge in [0.15, 0.2) is 0 Å². The molecule has 78 valence electrons. The van der Waals surface area contributed by atoms with Crippen LogP contribution in [0.5, 0.6) is 0 Å². The Morgan fingerprint density at radius 3 is 2.54 bits per heavy atom. The molecule has 2 nitrogen and oxygen atoms in total. The van der Waals surface area contributed by atoms with Crippen LogP contribution >= 0.6 is 11.6 Å². The van der Waals surface area contributed by atoms with Gasteiger partial charge in [0.25, 0.3) is 0 Å². The highest BCUT2D eigenvalue weighted by molar-refractivity contribution is 6.21. The molecule has 0 heterocycles. The Labute approximate surface area is 85.5 Å². The SMILES string of the molecule is COCC(C)OC1CC(Cl)C1(C)C. The van der Waals surface area contributed by atoms with E-state index in [1.54, 1.807) is 7.11 Å². The molecule has 1 aliphatic rings. The second kappa shape index (κ2) is 4.16. The molecule has 0 saturated heterocycles. The van der Waals surface area contributed by atoms with Crippen molar-refractivity contribution in [2.24, 2.45) is 5.41 Å². The minimum atomic E-state index is 0.115. The number of halogens is 1. The molecule has 0 aromatic carbocycles. The highest BCUT2D eigenvalue weighted by Gasteiger charge is 2.48. The second-order valence-corrected chi connectivity index (χ2v) is 4.94. The first-order chi connectivity index (χ1) is 5.98. The first kappa shape index (κ1) is 11.3. The van der Waals surface area contributed by atoms with Gasteiger partial charge in [-0.3, -0.25) is 0 Å². The predicted octanol–water partition coefficient (Wildman–Crippen LogP) is 2.44. The van der Waals surface area contributed by atoms with E-state index in [-0.39, 0.29) is 16.9 Å². The van der Waals surface area contributed by atoms with Crippen molar-refractivity contribution in [1.29, 1.82) is 0 Å². The highest BCUT2D eigenvalue weighted by Crippen LogP contribution is 2.46. The van der Waals surface area contributed by atoms with E-state index in [1.807, 2.05) is 6.92 Å². The van der Waals surface area contributed by atoms with E-state index < -0.39 is 0 Å². The van der Waals surface area contributed by atoms with Gasteiger partial charge in [0.2, 0.25) is 0 Å². The van der Waals surface area contributed by atoms with Gasteiger partial charge in [-0.15, -0.1) is 11.6 Å². The summed E-state index contributed by atoms with van der Waals surface area (Å²) < 4.78 is 10.8. The zero-order valence-corrected chi connectivity index (χ0v) is 9.60. The molecule has 3 atom stereocenters. The van der Waals surface area contributed by atoms with Crippen LogP contribution < -0.4 is 0 Å². The molecule has 0 amide bonds. The number of hydrogen-bond acceptors (Lipinski definition) is 2. The van der Waals surface area contributed by atoms with E-state index in [1.165, 1.54) is 0 Å². The molecule has 3 heteroatoms. The summed E-state index contributed by atoms with van der Waals surface area (Å²) in [6.45, 7) is 6.98. The van der Waals surface area contributed by atoms with Crippen molar-refractivity contribution < 1.29 is 9.47 Å². The standard InChI is InChI=1S/C10H19ClO2/c1-7(6-12-4)13-9-5-8(11)10(9,2)3/h7-9H,5-6H2,1-4H3. The van der Waals surface area contributed by atoms with Gasteiger partial charge in [0, 0.05) is 17.9 Å². The van der Waals surface area contributed by atoms with Gasteiger partial charge in [-0.2, -0.15) is 0 Å². The molecular weight excluding hydrogens is 188 g/mol. The third kappa shape index (κ3) is 2.36. The van der Waals surface area contributed by atoms with Crippen LogP contribution in [0.1, 0.15) is 27.2 Å². The Kier molecular flexibility index (Phi) is 3.61. The number of hydrogen-bond donors (Lipinski definition) is 0. The van der Waals surface area contributed by atoms with Gasteiger partial charge < -0.3 is 9.47 Å². The maximum Gasteiger partial charge on any atom is 0.0784 e. The molecule has 0 spiro atoms. The first-order valence-corrected chi connectivity index (χ1v) is 5.20. The number of methoxy groups -OCH3 is 1. The van der Waals surface area contributed by atoms with Gasteiger partial charge in [0.1, 0.15) is 0 Å². The molecule has 0 N–H and O–H groups in total. The molecule has 0 bridgehead atoms. The predicted molar refractivity (Wildman–Crippen MR) is 54.3 cm³/mol. The lowest BCUT2D eigenvalue weighted by Gasteiger charge is -2.49. The highest BCUT2D eigenvalue weighted by atomic mass is 35.5. The quantitative estimate of drug-likeness (QED) is 0.658. The molecule has 13 heavy (non-hydrogen) atoms. The van der Waals surface area contributed by atoms with E-state index in [9.17, 15) is 0 Å². The lowest BCUT2D eigenvalue weighted by atomic mass is 9.68. The Hall–Kier alpha value is 0.210. The maximum absolute atomic E-state index is 6.08. The van der Waals surface area contributed by atoms with E-state index in [0.29, 0.717) is 12.7 Å². The summed E-state index contributed by atoms with van der Waals surface area (Å²) in [6.07, 6.45) is 1.42. The van der Waals surface area contributed by atoms with Crippen LogP contribution in [0.4, 0.5) is 0 Å². The van der Waals surface area contributed by atoms with E-state index in [0.717, 1.165) is 6.42 Å². The largest absolute Gasteiger partial charge is 0.382 e. The fourth-order valence-corrected chi connectivity index (χ4v) is 1.92. The van der Waals surface area contributed by atoms with Crippen molar-refractivity contribution in [2.45, 2.75) is 44.8 Å². The number of rotatable bonds is 4. The summed E-state index contributed by atoms with van der Waals surface area (Å²) in [5.41, 5.74) is 0.115. The molecule has 1 aliphatic carbocycles. The van der Waals surface area contributed by atoms with E-state index in [2.05, 4.69) is 13.8 Å². The number of alkyl halides is 1. The van der Waals surface area contributed by atoms with Gasteiger partial charge in [-0.25, -0.2) is 0 Å². The molecule has 1 fully saturated rings. The van der Waals surface area contributed by atoms with Crippen LogP contribution in [-0.4, -0.2) is 31.3 Å². The average Bonchev–Trinajstić information content (AvgIpc) is 2.04. The lowest BCUT2D eigenvalue weighted by molar-refractivity contribution is -0.132. The molecule has 1 rings (SSSR count). The van der Waals surface area contributed by atoms with Crippen LogP contribution in [-0.2, 0) is 9.47 Å². The first-order valence-electron chi connectivity index (χ1n) is 4.77. The van der Waals surface area contributed by atoms with Gasteiger partial charge >= 0.3 is 0 Å². The Morgan fingerprint density at radius 2 is 2.15 bits per heavy atom. The van der Waals surface area contributed by atoms with Crippen molar-refractivity contribution in [1.82, 2.24) is 0 Å². The summed E-state index contributed by atoms with van der Waals surface area (Å²) in [5, 5.41) is 0.257. The smallest absolute Gasteiger partial charge is 0.0784 e. The summed E-state index contributed by atoms with van der Waals surface area (Å²) in [6, 6.07) is 0. The molecular formula is C10H19ClO2. The number of ether oxygens (including phenoxy) is 2. The zero-order chi connectivity index (χ0) is 10.1. The Bertz CT molecular complexity index is 170. The van der Waals surface area contributed by atoms with E-state index >= 15 is 0 Å². The third-order valence-electron chi connectivity index (χ3n) is 2.86. The third-order valence-corrected chi connectivity index (χ3v) is 3.60. The molecule has 1 saturated carbocycles. The summed E-state index contributed by atoms with van der Waals surface area (Å²) in [4.78, 5) is 0. The Morgan fingerprint density at radius 1 is 1.54 bits per heavy atom. The lowest BCUT2D eigenvalue weighted by Crippen LogP contribution is -2.53. The zero-order valence-electron chi connectivity index (χ0n) is 8.84. The van der Waals surface area contributed by atoms with Crippen molar-refractivity contribution in [2.75, 3.05) is 13.7 Å². The van der Waals surface area contributed by atoms with Crippen LogP contribution in [0, 0.1) is 5.41 Å². The summed E-state index contributed by atoms with van der Waals surface area (Å²) in [5.74, 6) is 0. The fraction of sp³-hybridized carbons (Fsp3) is 1.00. The van der Waals surface area contributed by atoms with E-state index in [4.69, 9.17) is 21.1 Å². The minimum absolute atomic E-state index is 0.115. The van der Waals surface area contributed by atoms with Gasteiger partial charge in [0.05, 0.1) is 18.8 Å². The summed E-state index contributed by atoms with van der Waals surface area (Å²) in [7, 11) is 1.69. The van der Waals surface area contributed by atoms with Gasteiger partial charge in [-0.1, -0.05) is 13.8 Å². The van der Waals surface area contributed by atoms with Crippen molar-refractivity contribution in [3.63, 3.8) is 0 Å². The molecule has 0 aromatic heterocycles. The van der Waals surface area contributed by atoms with Crippen molar-refractivity contribution in [3.8, 4) is 0 Å². The average molecular weight is 207 g/mol. The summed E-state index contributed by atoms with van der Waals surface area (Å²) >= 11 is 6.08. The molecule has 0 aromatic rings. The van der Waals surface area contributed by atoms with Crippen molar-refractivity contribution >= 4 is 11.6 Å². The minimum Gasteiger partial charge on any atom is -0.382 e. The van der Waals surface area contributed by atoms with Crippen molar-refractivity contribution in [3.05, 3.63) is 0 Å². The normalized spacial score (nSPS) is 33.9. The van der Waals surface area contributed by atoms with Gasteiger partial charge in [-0.05, 0) is 13.3 Å². The van der Waals surface area contributed by atoms with Crippen LogP contribution in [0.15, 0.2) is 0 Å². The Balaban J connectivity index is 2.31. The molecule has 0 aliphatic heterocycles. The maximum atomic E-state index is 6.08. The molecule has 0 radical (unpaired) electrons. The van der Waals surface area contributed by atoms with Crippen LogP contribution in [0.25, 0.3) is 0 Å². The molecule has 3 unspecified atom stereocenters. The fourth-order valence-electron chi connectivity index (χ4n) is 1.62. The van der Waals surface area contributed by atoms with Crippen LogP contribution in [0.3, 0.4) is 0 Å². The second-order valence-electron chi connectivity index (χ2n) is 4.42.